The van der Waals surface area contributed by atoms with Gasteiger partial charge in [0, 0.05) is 17.3 Å². The number of hydrogen-bond acceptors (Lipinski definition) is 1. The molecule has 0 spiro atoms. The Morgan fingerprint density at radius 1 is 0.850 bits per heavy atom. The normalized spacial score (nSPS) is 12.4. The van der Waals surface area contributed by atoms with Crippen LogP contribution < -0.4 is 0 Å². The molecule has 0 N–H and O–H groups in total. The monoisotopic (exact) mass is 267 g/mol. The Balaban J connectivity index is 2.18. The van der Waals surface area contributed by atoms with E-state index in [4.69, 9.17) is 0 Å². The van der Waals surface area contributed by atoms with E-state index in [9.17, 15) is 0 Å². The van der Waals surface area contributed by atoms with Gasteiger partial charge in [-0.3, -0.25) is 4.98 Å². The summed E-state index contributed by atoms with van der Waals surface area (Å²) in [4.78, 5) is 4.63. The van der Waals surface area contributed by atoms with Crippen molar-refractivity contribution in [3.8, 4) is 0 Å². The van der Waals surface area contributed by atoms with Gasteiger partial charge in [-0.1, -0.05) is 71.0 Å². The Morgan fingerprint density at radius 3 is 2.00 bits per heavy atom. The predicted molar refractivity (Wildman–Crippen MR) is 86.1 cm³/mol. The molecule has 1 aromatic carbocycles. The van der Waals surface area contributed by atoms with Gasteiger partial charge >= 0.3 is 0 Å². The van der Waals surface area contributed by atoms with Crippen molar-refractivity contribution in [3.05, 3.63) is 65.5 Å². The largest absolute Gasteiger partial charge is 0.260 e. The highest BCUT2D eigenvalue weighted by Gasteiger charge is 2.21. The van der Waals surface area contributed by atoms with Gasteiger partial charge in [0.25, 0.3) is 0 Å². The lowest BCUT2D eigenvalue weighted by atomic mass is 9.79. The molecule has 2 aromatic rings. The number of pyridine rings is 1. The molecule has 1 nitrogen and oxygen atoms in total. The number of benzene rings is 1. The van der Waals surface area contributed by atoms with Crippen LogP contribution in [0.2, 0.25) is 0 Å². The van der Waals surface area contributed by atoms with Gasteiger partial charge in [0.05, 0.1) is 0 Å². The molecule has 0 amide bonds. The van der Waals surface area contributed by atoms with E-state index in [-0.39, 0.29) is 10.8 Å². The van der Waals surface area contributed by atoms with E-state index in [0.29, 0.717) is 0 Å². The lowest BCUT2D eigenvalue weighted by Crippen LogP contribution is -2.21. The van der Waals surface area contributed by atoms with Crippen molar-refractivity contribution >= 4 is 0 Å². The molecule has 20 heavy (non-hydrogen) atoms. The van der Waals surface area contributed by atoms with Crippen LogP contribution in [0.15, 0.2) is 48.7 Å². The third-order valence-corrected chi connectivity index (χ3v) is 3.79. The molecule has 0 aliphatic carbocycles. The zero-order valence-corrected chi connectivity index (χ0v) is 13.3. The fourth-order valence-electron chi connectivity index (χ4n) is 2.47. The summed E-state index contributed by atoms with van der Waals surface area (Å²) in [6.07, 6.45) is 3.04. The average Bonchev–Trinajstić information content (AvgIpc) is 2.39. The number of rotatable bonds is 3. The average molecular weight is 267 g/mol. The Hall–Kier alpha value is -1.63. The minimum atomic E-state index is 0.119. The van der Waals surface area contributed by atoms with Crippen molar-refractivity contribution in [2.45, 2.75) is 51.9 Å². The number of aromatic nitrogens is 1. The summed E-state index contributed by atoms with van der Waals surface area (Å²) in [5.41, 5.74) is 4.07. The van der Waals surface area contributed by atoms with Crippen molar-refractivity contribution in [1.82, 2.24) is 4.98 Å². The lowest BCUT2D eigenvalue weighted by molar-refractivity contribution is 0.519. The fourth-order valence-corrected chi connectivity index (χ4v) is 2.47. The van der Waals surface area contributed by atoms with Crippen LogP contribution in [0.4, 0.5) is 0 Å². The summed E-state index contributed by atoms with van der Waals surface area (Å²) < 4.78 is 0. The van der Waals surface area contributed by atoms with Gasteiger partial charge in [0.2, 0.25) is 0 Å². The molecule has 1 aromatic heterocycles. The first kappa shape index (κ1) is 14.8. The zero-order valence-electron chi connectivity index (χ0n) is 13.3. The summed E-state index contributed by atoms with van der Waals surface area (Å²) in [6, 6.07) is 15.1. The molecule has 0 saturated heterocycles. The molecule has 0 aliphatic rings. The maximum atomic E-state index is 4.63. The first-order valence-electron chi connectivity index (χ1n) is 7.30. The van der Waals surface area contributed by atoms with Gasteiger partial charge in [-0.2, -0.15) is 0 Å². The first-order chi connectivity index (χ1) is 9.29. The van der Waals surface area contributed by atoms with Crippen LogP contribution in [0.1, 0.15) is 51.4 Å². The van der Waals surface area contributed by atoms with Crippen LogP contribution in [-0.4, -0.2) is 4.98 Å². The van der Waals surface area contributed by atoms with E-state index < -0.39 is 0 Å². The second kappa shape index (κ2) is 5.40. The minimum Gasteiger partial charge on any atom is -0.260 e. The van der Waals surface area contributed by atoms with Crippen LogP contribution in [-0.2, 0) is 17.3 Å². The zero-order chi connectivity index (χ0) is 14.8. The Kier molecular flexibility index (Phi) is 3.99. The molecule has 0 unspecified atom stereocenters. The summed E-state index contributed by atoms with van der Waals surface area (Å²) >= 11 is 0. The second-order valence-corrected chi connectivity index (χ2v) is 7.23. The Labute approximate surface area is 123 Å². The van der Waals surface area contributed by atoms with Crippen LogP contribution >= 0.6 is 0 Å². The van der Waals surface area contributed by atoms with Crippen LogP contribution in [0.25, 0.3) is 0 Å². The van der Waals surface area contributed by atoms with Crippen LogP contribution in [0, 0.1) is 0 Å². The quantitative estimate of drug-likeness (QED) is 0.771. The molecule has 1 heteroatoms. The van der Waals surface area contributed by atoms with E-state index in [0.717, 1.165) is 12.1 Å². The van der Waals surface area contributed by atoms with Gasteiger partial charge in [-0.25, -0.2) is 0 Å². The van der Waals surface area contributed by atoms with Crippen molar-refractivity contribution < 1.29 is 0 Å². The highest BCUT2D eigenvalue weighted by atomic mass is 14.7. The maximum absolute atomic E-state index is 4.63. The third-order valence-electron chi connectivity index (χ3n) is 3.79. The predicted octanol–water partition coefficient (Wildman–Crippen LogP) is 4.90. The van der Waals surface area contributed by atoms with Gasteiger partial charge in [0.1, 0.15) is 0 Å². The molecular weight excluding hydrogens is 242 g/mol. The molecule has 0 atom stereocenters. The fraction of sp³-hybridized carbons (Fsp3) is 0.421. The molecular formula is C19H25N. The maximum Gasteiger partial charge on any atom is 0.0457 e. The van der Waals surface area contributed by atoms with Gasteiger partial charge in [0.15, 0.2) is 0 Å². The van der Waals surface area contributed by atoms with Crippen molar-refractivity contribution in [3.63, 3.8) is 0 Å². The van der Waals surface area contributed by atoms with E-state index in [2.05, 4.69) is 82.1 Å². The summed E-state index contributed by atoms with van der Waals surface area (Å²) in [5, 5.41) is 0. The van der Waals surface area contributed by atoms with Crippen molar-refractivity contribution in [1.29, 1.82) is 0 Å². The molecule has 0 bridgehead atoms. The van der Waals surface area contributed by atoms with Gasteiger partial charge in [-0.15, -0.1) is 0 Å². The molecule has 0 aliphatic heterocycles. The molecule has 0 saturated carbocycles. The second-order valence-electron chi connectivity index (χ2n) is 7.23. The summed E-state index contributed by atoms with van der Waals surface area (Å²) in [5.74, 6) is 0. The SMILES string of the molecule is CC(C)(C)c1ccc(CC(C)(C)c2ccccc2)cn1. The Bertz CT molecular complexity index is 545. The minimum absolute atomic E-state index is 0.119. The summed E-state index contributed by atoms with van der Waals surface area (Å²) in [7, 11) is 0. The highest BCUT2D eigenvalue weighted by molar-refractivity contribution is 5.28. The topological polar surface area (TPSA) is 12.9 Å². The van der Waals surface area contributed by atoms with Gasteiger partial charge in [-0.05, 0) is 29.0 Å². The van der Waals surface area contributed by atoms with Crippen LogP contribution in [0.5, 0.6) is 0 Å². The molecule has 2 rings (SSSR count). The van der Waals surface area contributed by atoms with Gasteiger partial charge < -0.3 is 0 Å². The molecule has 1 heterocycles. The van der Waals surface area contributed by atoms with Crippen molar-refractivity contribution in [2.24, 2.45) is 0 Å². The van der Waals surface area contributed by atoms with E-state index in [1.165, 1.54) is 11.1 Å². The molecule has 106 valence electrons. The third kappa shape index (κ3) is 3.47. The standard InChI is InChI=1S/C19H25N/c1-18(2,3)17-12-11-15(14-20-17)13-19(4,5)16-9-7-6-8-10-16/h6-12,14H,13H2,1-5H3. The van der Waals surface area contributed by atoms with E-state index in [1.807, 2.05) is 6.20 Å². The first-order valence-corrected chi connectivity index (χ1v) is 7.30. The highest BCUT2D eigenvalue weighted by Crippen LogP contribution is 2.28. The number of nitrogens with zero attached hydrogens (tertiary/aromatic N) is 1. The smallest absolute Gasteiger partial charge is 0.0457 e. The Morgan fingerprint density at radius 2 is 1.50 bits per heavy atom. The molecule has 0 radical (unpaired) electrons. The number of hydrogen-bond donors (Lipinski definition) is 0. The summed E-state index contributed by atoms with van der Waals surface area (Å²) in [6.45, 7) is 11.2. The van der Waals surface area contributed by atoms with E-state index >= 15 is 0 Å². The van der Waals surface area contributed by atoms with Crippen molar-refractivity contribution in [2.75, 3.05) is 0 Å². The lowest BCUT2D eigenvalue weighted by Gasteiger charge is -2.26. The van der Waals surface area contributed by atoms with E-state index in [1.54, 1.807) is 0 Å². The van der Waals surface area contributed by atoms with Crippen LogP contribution in [0.3, 0.4) is 0 Å². The molecule has 0 fully saturated rings.